The number of aromatic amines is 1. The molecule has 1 N–H and O–H groups in total. The molecule has 0 atom stereocenters. The van der Waals surface area contributed by atoms with Gasteiger partial charge in [-0.05, 0) is 25.5 Å². The fourth-order valence-corrected chi connectivity index (χ4v) is 3.94. The fraction of sp³-hybridized carbons (Fsp3) is 0.429. The maximum absolute atomic E-state index is 12.5. The Morgan fingerprint density at radius 3 is 2.50 bits per heavy atom. The highest BCUT2D eigenvalue weighted by atomic mass is 32.2. The van der Waals surface area contributed by atoms with Crippen LogP contribution < -0.4 is 4.90 Å². The molecule has 1 aliphatic heterocycles. The molecule has 0 aliphatic carbocycles. The van der Waals surface area contributed by atoms with Crippen LogP contribution in [0.15, 0.2) is 17.3 Å². The van der Waals surface area contributed by atoms with Crippen LogP contribution in [-0.2, 0) is 10.0 Å². The third-order valence-corrected chi connectivity index (χ3v) is 6.01. The lowest BCUT2D eigenvalue weighted by Gasteiger charge is -2.34. The minimum Gasteiger partial charge on any atom is -0.351 e. The molecule has 10 heteroatoms. The van der Waals surface area contributed by atoms with Crippen molar-refractivity contribution < 1.29 is 8.42 Å². The Hall–Kier alpha value is -2.51. The summed E-state index contributed by atoms with van der Waals surface area (Å²) in [6.07, 6.45) is 1.41. The van der Waals surface area contributed by atoms with Crippen LogP contribution in [0.1, 0.15) is 16.8 Å². The first kappa shape index (κ1) is 16.4. The molecule has 0 unspecified atom stereocenters. The SMILES string of the molecule is Cc1nnc(N2CCN(S(=O)(=O)c3ccn[nH]3)CC2)c(C#N)c1C. The predicted molar refractivity (Wildman–Crippen MR) is 85.8 cm³/mol. The van der Waals surface area contributed by atoms with Gasteiger partial charge >= 0.3 is 0 Å². The lowest BCUT2D eigenvalue weighted by molar-refractivity contribution is 0.381. The van der Waals surface area contributed by atoms with E-state index in [9.17, 15) is 13.7 Å². The van der Waals surface area contributed by atoms with E-state index in [-0.39, 0.29) is 5.03 Å². The van der Waals surface area contributed by atoms with Crippen molar-refractivity contribution in [3.63, 3.8) is 0 Å². The van der Waals surface area contributed by atoms with Crippen molar-refractivity contribution in [1.29, 1.82) is 5.26 Å². The third kappa shape index (κ3) is 2.72. The Morgan fingerprint density at radius 2 is 1.92 bits per heavy atom. The molecule has 2 aromatic rings. The maximum atomic E-state index is 12.5. The van der Waals surface area contributed by atoms with E-state index in [1.807, 2.05) is 18.7 Å². The molecule has 0 radical (unpaired) electrons. The van der Waals surface area contributed by atoms with E-state index in [0.29, 0.717) is 37.6 Å². The van der Waals surface area contributed by atoms with Gasteiger partial charge in [0.25, 0.3) is 10.0 Å². The van der Waals surface area contributed by atoms with Gasteiger partial charge in [0.2, 0.25) is 0 Å². The van der Waals surface area contributed by atoms with Crippen molar-refractivity contribution in [3.8, 4) is 6.07 Å². The van der Waals surface area contributed by atoms with Crippen LogP contribution in [-0.4, -0.2) is 59.3 Å². The number of rotatable bonds is 3. The highest BCUT2D eigenvalue weighted by Crippen LogP contribution is 2.23. The van der Waals surface area contributed by atoms with E-state index in [2.05, 4.69) is 26.5 Å². The standard InChI is InChI=1S/C14H17N7O2S/c1-10-11(2)17-19-14(12(10)9-15)20-5-7-21(8-6-20)24(22,23)13-3-4-16-18-13/h3-4H,5-8H2,1-2H3,(H,16,18). The summed E-state index contributed by atoms with van der Waals surface area (Å²) < 4.78 is 26.3. The van der Waals surface area contributed by atoms with E-state index < -0.39 is 10.0 Å². The smallest absolute Gasteiger partial charge is 0.260 e. The second-order valence-corrected chi connectivity index (χ2v) is 7.44. The molecule has 0 saturated carbocycles. The summed E-state index contributed by atoms with van der Waals surface area (Å²) in [7, 11) is -3.57. The van der Waals surface area contributed by atoms with Crippen LogP contribution in [0.4, 0.5) is 5.82 Å². The van der Waals surface area contributed by atoms with Crippen molar-refractivity contribution in [1.82, 2.24) is 24.7 Å². The topological polar surface area (TPSA) is 119 Å². The quantitative estimate of drug-likeness (QED) is 0.842. The molecule has 1 saturated heterocycles. The van der Waals surface area contributed by atoms with Crippen LogP contribution in [0.5, 0.6) is 0 Å². The average molecular weight is 347 g/mol. The number of nitrogens with one attached hydrogen (secondary N) is 1. The highest BCUT2D eigenvalue weighted by Gasteiger charge is 2.31. The summed E-state index contributed by atoms with van der Waals surface area (Å²) in [6.45, 7) is 5.15. The Kier molecular flexibility index (Phi) is 4.21. The number of nitrogens with zero attached hydrogens (tertiary/aromatic N) is 6. The average Bonchev–Trinajstić information content (AvgIpc) is 3.13. The number of hydrogen-bond acceptors (Lipinski definition) is 7. The van der Waals surface area contributed by atoms with Crippen molar-refractivity contribution in [3.05, 3.63) is 29.1 Å². The summed E-state index contributed by atoms with van der Waals surface area (Å²) in [6, 6.07) is 3.61. The molecule has 0 amide bonds. The van der Waals surface area contributed by atoms with Crippen molar-refractivity contribution >= 4 is 15.8 Å². The van der Waals surface area contributed by atoms with Crippen molar-refractivity contribution in [2.45, 2.75) is 18.9 Å². The van der Waals surface area contributed by atoms with Gasteiger partial charge in [-0.15, -0.1) is 5.10 Å². The summed E-state index contributed by atoms with van der Waals surface area (Å²) in [5.74, 6) is 0.513. The van der Waals surface area contributed by atoms with Gasteiger partial charge in [-0.25, -0.2) is 8.42 Å². The van der Waals surface area contributed by atoms with Crippen molar-refractivity contribution in [2.75, 3.05) is 31.1 Å². The molecule has 24 heavy (non-hydrogen) atoms. The largest absolute Gasteiger partial charge is 0.351 e. The Bertz CT molecular complexity index is 879. The Morgan fingerprint density at radius 1 is 1.21 bits per heavy atom. The molecule has 126 valence electrons. The molecule has 9 nitrogen and oxygen atoms in total. The van der Waals surface area contributed by atoms with E-state index >= 15 is 0 Å². The number of nitriles is 1. The number of H-pyrrole nitrogens is 1. The van der Waals surface area contributed by atoms with Gasteiger partial charge in [0.1, 0.15) is 11.6 Å². The first-order valence-electron chi connectivity index (χ1n) is 7.43. The van der Waals surface area contributed by atoms with Gasteiger partial charge < -0.3 is 4.90 Å². The summed E-state index contributed by atoms with van der Waals surface area (Å²) in [5, 5.41) is 23.9. The fourth-order valence-electron chi connectivity index (χ4n) is 2.62. The molecule has 0 spiro atoms. The molecule has 3 rings (SSSR count). The van der Waals surface area contributed by atoms with Gasteiger partial charge in [0.15, 0.2) is 10.8 Å². The molecule has 1 fully saturated rings. The van der Waals surface area contributed by atoms with E-state index in [1.165, 1.54) is 16.6 Å². The van der Waals surface area contributed by atoms with Crippen LogP contribution in [0.3, 0.4) is 0 Å². The number of aromatic nitrogens is 4. The molecule has 0 bridgehead atoms. The van der Waals surface area contributed by atoms with Gasteiger partial charge in [-0.2, -0.15) is 19.8 Å². The van der Waals surface area contributed by atoms with Crippen LogP contribution in [0.2, 0.25) is 0 Å². The first-order valence-corrected chi connectivity index (χ1v) is 8.87. The minimum absolute atomic E-state index is 0.0830. The van der Waals surface area contributed by atoms with Gasteiger partial charge in [0.05, 0.1) is 11.9 Å². The number of anilines is 1. The van der Waals surface area contributed by atoms with Gasteiger partial charge in [0, 0.05) is 26.2 Å². The van der Waals surface area contributed by atoms with Gasteiger partial charge in [-0.1, -0.05) is 0 Å². The van der Waals surface area contributed by atoms with Crippen LogP contribution in [0.25, 0.3) is 0 Å². The van der Waals surface area contributed by atoms with Gasteiger partial charge in [-0.3, -0.25) is 5.10 Å². The molecular weight excluding hydrogens is 330 g/mol. The summed E-state index contributed by atoms with van der Waals surface area (Å²) in [5.41, 5.74) is 2.01. The second kappa shape index (κ2) is 6.18. The number of sulfonamides is 1. The molecule has 1 aliphatic rings. The Labute approximate surface area is 140 Å². The third-order valence-electron chi connectivity index (χ3n) is 4.18. The second-order valence-electron chi connectivity index (χ2n) is 5.53. The van der Waals surface area contributed by atoms with Crippen LogP contribution in [0, 0.1) is 25.2 Å². The summed E-state index contributed by atoms with van der Waals surface area (Å²) >= 11 is 0. The predicted octanol–water partition coefficient (Wildman–Crippen LogP) is 0.199. The van der Waals surface area contributed by atoms with E-state index in [4.69, 9.17) is 0 Å². The summed E-state index contributed by atoms with van der Waals surface area (Å²) in [4.78, 5) is 1.90. The first-order chi connectivity index (χ1) is 11.4. The lowest BCUT2D eigenvalue weighted by Crippen LogP contribution is -2.49. The number of piperazine rings is 1. The van der Waals surface area contributed by atoms with Crippen molar-refractivity contribution in [2.24, 2.45) is 0 Å². The van der Waals surface area contributed by atoms with E-state index in [0.717, 1.165) is 11.3 Å². The molecule has 0 aromatic carbocycles. The minimum atomic E-state index is -3.57. The number of hydrogen-bond donors (Lipinski definition) is 1. The zero-order valence-corrected chi connectivity index (χ0v) is 14.2. The highest BCUT2D eigenvalue weighted by molar-refractivity contribution is 7.89. The molecule has 2 aromatic heterocycles. The monoisotopic (exact) mass is 347 g/mol. The Balaban J connectivity index is 1.79. The van der Waals surface area contributed by atoms with E-state index in [1.54, 1.807) is 0 Å². The normalized spacial score (nSPS) is 16.1. The lowest BCUT2D eigenvalue weighted by atomic mass is 10.1. The molecule has 3 heterocycles. The van der Waals surface area contributed by atoms with Crippen LogP contribution >= 0.6 is 0 Å². The number of aryl methyl sites for hydroxylation is 1. The zero-order valence-electron chi connectivity index (χ0n) is 13.4. The maximum Gasteiger partial charge on any atom is 0.260 e. The zero-order chi connectivity index (χ0) is 17.3. The molecular formula is C14H17N7O2S.